The quantitative estimate of drug-likeness (QED) is 0.689. The average molecular weight is 224 g/mol. The van der Waals surface area contributed by atoms with E-state index in [9.17, 15) is 4.79 Å². The fourth-order valence-corrected chi connectivity index (χ4v) is 1.65. The first kappa shape index (κ1) is 15.0. The smallest absolute Gasteiger partial charge is 0.237 e. The van der Waals surface area contributed by atoms with E-state index in [4.69, 9.17) is 5.26 Å². The van der Waals surface area contributed by atoms with Crippen LogP contribution in [-0.2, 0) is 4.79 Å². The zero-order valence-corrected chi connectivity index (χ0v) is 10.8. The van der Waals surface area contributed by atoms with Crippen molar-refractivity contribution in [3.8, 4) is 6.07 Å². The molecule has 0 aromatic heterocycles. The molecule has 0 radical (unpaired) electrons. The minimum atomic E-state index is -0.483. The molecule has 0 aromatic rings. The first-order chi connectivity index (χ1) is 7.69. The van der Waals surface area contributed by atoms with E-state index in [0.717, 1.165) is 12.8 Å². The van der Waals surface area contributed by atoms with Crippen molar-refractivity contribution in [2.45, 2.75) is 52.9 Å². The number of nitrogens with zero attached hydrogens (tertiary/aromatic N) is 1. The molecule has 0 aliphatic rings. The Morgan fingerprint density at radius 1 is 1.31 bits per heavy atom. The molecule has 3 heteroatoms. The van der Waals surface area contributed by atoms with E-state index < -0.39 is 5.92 Å². The van der Waals surface area contributed by atoms with E-state index in [1.165, 1.54) is 12.8 Å². The van der Waals surface area contributed by atoms with E-state index in [0.29, 0.717) is 18.9 Å². The van der Waals surface area contributed by atoms with Gasteiger partial charge >= 0.3 is 0 Å². The average Bonchev–Trinajstić information content (AvgIpc) is 2.31. The highest BCUT2D eigenvalue weighted by Gasteiger charge is 2.16. The Hall–Kier alpha value is -1.04. The zero-order chi connectivity index (χ0) is 12.4. The van der Waals surface area contributed by atoms with Gasteiger partial charge in [0.2, 0.25) is 5.91 Å². The third kappa shape index (κ3) is 5.75. The molecule has 2 atom stereocenters. The summed E-state index contributed by atoms with van der Waals surface area (Å²) < 4.78 is 0. The standard InChI is InChI=1S/C13H24N2O/c1-4-7-8-11(5-2)10-15-13(16)12(6-3)9-14/h11-12H,4-8,10H2,1-3H3,(H,15,16). The molecule has 0 fully saturated rings. The number of hydrogen-bond donors (Lipinski definition) is 1. The third-order valence-electron chi connectivity index (χ3n) is 2.99. The Labute approximate surface area is 99.2 Å². The highest BCUT2D eigenvalue weighted by atomic mass is 16.1. The number of carbonyl (C=O) groups excluding carboxylic acids is 1. The van der Waals surface area contributed by atoms with Crippen LogP contribution < -0.4 is 5.32 Å². The second-order valence-corrected chi connectivity index (χ2v) is 4.25. The predicted molar refractivity (Wildman–Crippen MR) is 65.7 cm³/mol. The molecule has 0 saturated carbocycles. The summed E-state index contributed by atoms with van der Waals surface area (Å²) in [5.41, 5.74) is 0. The van der Waals surface area contributed by atoms with Gasteiger partial charge in [-0.1, -0.05) is 40.0 Å². The Bertz CT molecular complexity index is 233. The maximum atomic E-state index is 11.6. The van der Waals surface area contributed by atoms with Crippen LogP contribution in [0, 0.1) is 23.2 Å². The molecule has 16 heavy (non-hydrogen) atoms. The van der Waals surface area contributed by atoms with Crippen molar-refractivity contribution in [2.24, 2.45) is 11.8 Å². The number of nitrogens with one attached hydrogen (secondary N) is 1. The molecule has 92 valence electrons. The van der Waals surface area contributed by atoms with Gasteiger partial charge < -0.3 is 5.32 Å². The lowest BCUT2D eigenvalue weighted by Gasteiger charge is -2.16. The number of carbonyl (C=O) groups is 1. The number of unbranched alkanes of at least 4 members (excludes halogenated alkanes) is 1. The van der Waals surface area contributed by atoms with Gasteiger partial charge in [0.1, 0.15) is 5.92 Å². The molecular weight excluding hydrogens is 200 g/mol. The summed E-state index contributed by atoms with van der Waals surface area (Å²) >= 11 is 0. The lowest BCUT2D eigenvalue weighted by molar-refractivity contribution is -0.123. The topological polar surface area (TPSA) is 52.9 Å². The first-order valence-electron chi connectivity index (χ1n) is 6.36. The summed E-state index contributed by atoms with van der Waals surface area (Å²) in [6.07, 6.45) is 5.25. The summed E-state index contributed by atoms with van der Waals surface area (Å²) in [6, 6.07) is 2.02. The molecule has 2 unspecified atom stereocenters. The Morgan fingerprint density at radius 3 is 2.44 bits per heavy atom. The molecule has 0 spiro atoms. The molecular formula is C13H24N2O. The van der Waals surface area contributed by atoms with Crippen LogP contribution in [-0.4, -0.2) is 12.5 Å². The van der Waals surface area contributed by atoms with Crippen molar-refractivity contribution in [1.82, 2.24) is 5.32 Å². The van der Waals surface area contributed by atoms with Crippen LogP contribution in [0.15, 0.2) is 0 Å². The van der Waals surface area contributed by atoms with Gasteiger partial charge in [-0.05, 0) is 18.8 Å². The molecule has 0 aliphatic carbocycles. The van der Waals surface area contributed by atoms with Crippen LogP contribution in [0.5, 0.6) is 0 Å². The normalized spacial score (nSPS) is 13.9. The predicted octanol–water partition coefficient (Wildman–Crippen LogP) is 2.87. The number of hydrogen-bond acceptors (Lipinski definition) is 2. The van der Waals surface area contributed by atoms with Crippen LogP contribution in [0.4, 0.5) is 0 Å². The zero-order valence-electron chi connectivity index (χ0n) is 10.8. The molecule has 1 N–H and O–H groups in total. The lowest BCUT2D eigenvalue weighted by Crippen LogP contribution is -2.33. The largest absolute Gasteiger partial charge is 0.355 e. The molecule has 0 rings (SSSR count). The molecule has 0 aliphatic heterocycles. The second kappa shape index (κ2) is 9.21. The van der Waals surface area contributed by atoms with Crippen LogP contribution in [0.3, 0.4) is 0 Å². The van der Waals surface area contributed by atoms with Crippen LogP contribution in [0.2, 0.25) is 0 Å². The van der Waals surface area contributed by atoms with Crippen LogP contribution >= 0.6 is 0 Å². The maximum Gasteiger partial charge on any atom is 0.237 e. The van der Waals surface area contributed by atoms with E-state index in [1.54, 1.807) is 0 Å². The number of rotatable bonds is 8. The fourth-order valence-electron chi connectivity index (χ4n) is 1.65. The van der Waals surface area contributed by atoms with Gasteiger partial charge in [0.25, 0.3) is 0 Å². The van der Waals surface area contributed by atoms with Gasteiger partial charge in [0.05, 0.1) is 6.07 Å². The second-order valence-electron chi connectivity index (χ2n) is 4.25. The van der Waals surface area contributed by atoms with Gasteiger partial charge in [-0.2, -0.15) is 5.26 Å². The highest BCUT2D eigenvalue weighted by Crippen LogP contribution is 2.11. The molecule has 1 amide bonds. The molecule has 0 heterocycles. The summed E-state index contributed by atoms with van der Waals surface area (Å²) in [6.45, 7) is 6.90. The van der Waals surface area contributed by atoms with Crippen molar-refractivity contribution in [3.63, 3.8) is 0 Å². The summed E-state index contributed by atoms with van der Waals surface area (Å²) in [5.74, 6) is -0.0382. The highest BCUT2D eigenvalue weighted by molar-refractivity contribution is 5.80. The van der Waals surface area contributed by atoms with Crippen molar-refractivity contribution >= 4 is 5.91 Å². The molecule has 3 nitrogen and oxygen atoms in total. The van der Waals surface area contributed by atoms with Crippen molar-refractivity contribution in [2.75, 3.05) is 6.54 Å². The summed E-state index contributed by atoms with van der Waals surface area (Å²) in [7, 11) is 0. The van der Waals surface area contributed by atoms with Gasteiger partial charge in [0.15, 0.2) is 0 Å². The summed E-state index contributed by atoms with van der Waals surface area (Å²) in [4.78, 5) is 11.6. The Balaban J connectivity index is 3.92. The molecule has 0 aromatic carbocycles. The van der Waals surface area contributed by atoms with Crippen molar-refractivity contribution < 1.29 is 4.79 Å². The minimum absolute atomic E-state index is 0.111. The van der Waals surface area contributed by atoms with Crippen LogP contribution in [0.1, 0.15) is 52.9 Å². The van der Waals surface area contributed by atoms with Crippen molar-refractivity contribution in [1.29, 1.82) is 5.26 Å². The van der Waals surface area contributed by atoms with Gasteiger partial charge in [-0.25, -0.2) is 0 Å². The third-order valence-corrected chi connectivity index (χ3v) is 2.99. The molecule has 0 saturated heterocycles. The molecule has 0 bridgehead atoms. The lowest BCUT2D eigenvalue weighted by atomic mass is 9.99. The van der Waals surface area contributed by atoms with Gasteiger partial charge in [0, 0.05) is 6.54 Å². The minimum Gasteiger partial charge on any atom is -0.355 e. The van der Waals surface area contributed by atoms with E-state index in [-0.39, 0.29) is 5.91 Å². The van der Waals surface area contributed by atoms with Gasteiger partial charge in [-0.3, -0.25) is 4.79 Å². The monoisotopic (exact) mass is 224 g/mol. The first-order valence-corrected chi connectivity index (χ1v) is 6.36. The summed E-state index contributed by atoms with van der Waals surface area (Å²) in [5, 5.41) is 11.6. The Kier molecular flexibility index (Phi) is 8.61. The Morgan fingerprint density at radius 2 is 2.00 bits per heavy atom. The SMILES string of the molecule is CCCCC(CC)CNC(=O)C(C#N)CC. The van der Waals surface area contributed by atoms with Gasteiger partial charge in [-0.15, -0.1) is 0 Å². The van der Waals surface area contributed by atoms with E-state index in [2.05, 4.69) is 19.2 Å². The maximum absolute atomic E-state index is 11.6. The van der Waals surface area contributed by atoms with Crippen molar-refractivity contribution in [3.05, 3.63) is 0 Å². The van der Waals surface area contributed by atoms with E-state index in [1.807, 2.05) is 13.0 Å². The van der Waals surface area contributed by atoms with Crippen LogP contribution in [0.25, 0.3) is 0 Å². The van der Waals surface area contributed by atoms with E-state index >= 15 is 0 Å². The fraction of sp³-hybridized carbons (Fsp3) is 0.846. The number of amides is 1. The number of nitriles is 1.